The first-order valence-electron chi connectivity index (χ1n) is 6.88. The van der Waals surface area contributed by atoms with Crippen LogP contribution in [0.2, 0.25) is 0 Å². The van der Waals surface area contributed by atoms with Gasteiger partial charge >= 0.3 is 0 Å². The van der Waals surface area contributed by atoms with Crippen molar-refractivity contribution in [2.24, 2.45) is 7.05 Å². The number of nitrogens with one attached hydrogen (secondary N) is 1. The summed E-state index contributed by atoms with van der Waals surface area (Å²) in [5.41, 5.74) is 2.41. The average molecular weight is 286 g/mol. The monoisotopic (exact) mass is 286 g/mol. The van der Waals surface area contributed by atoms with E-state index >= 15 is 0 Å². The molecule has 110 valence electrons. The molecule has 1 saturated heterocycles. The maximum Gasteiger partial charge on any atom is 0.257 e. The Bertz CT molecular complexity index is 660. The van der Waals surface area contributed by atoms with Gasteiger partial charge in [0.05, 0.1) is 17.3 Å². The van der Waals surface area contributed by atoms with Gasteiger partial charge in [-0.05, 0) is 19.9 Å². The molecule has 1 amide bonds. The molecule has 21 heavy (non-hydrogen) atoms. The minimum atomic E-state index is 0.0545. The van der Waals surface area contributed by atoms with Gasteiger partial charge in [-0.3, -0.25) is 9.48 Å². The molecule has 1 fully saturated rings. The topological polar surface area (TPSA) is 75.9 Å². The van der Waals surface area contributed by atoms with E-state index in [9.17, 15) is 4.79 Å². The number of carbonyl (C=O) groups excluding carboxylic acids is 1. The largest absolute Gasteiger partial charge is 0.364 e. The quantitative estimate of drug-likeness (QED) is 0.901. The number of hydrogen-bond acceptors (Lipinski definition) is 5. The van der Waals surface area contributed by atoms with Crippen molar-refractivity contribution in [3.05, 3.63) is 35.5 Å². The molecule has 7 nitrogen and oxygen atoms in total. The van der Waals surface area contributed by atoms with Crippen molar-refractivity contribution in [2.45, 2.75) is 19.9 Å². The van der Waals surface area contributed by atoms with Crippen LogP contribution in [0.3, 0.4) is 0 Å². The predicted molar refractivity (Wildman–Crippen MR) is 78.0 cm³/mol. The molecule has 0 bridgehead atoms. The summed E-state index contributed by atoms with van der Waals surface area (Å²) in [7, 11) is 1.86. The second-order valence-corrected chi connectivity index (χ2v) is 5.32. The fourth-order valence-corrected chi connectivity index (χ4v) is 2.56. The Kier molecular flexibility index (Phi) is 3.32. The highest BCUT2D eigenvalue weighted by atomic mass is 16.2. The average Bonchev–Trinajstić information content (AvgIpc) is 2.68. The van der Waals surface area contributed by atoms with Crippen molar-refractivity contribution in [3.8, 4) is 0 Å². The van der Waals surface area contributed by atoms with E-state index in [-0.39, 0.29) is 11.9 Å². The van der Waals surface area contributed by atoms with Crippen LogP contribution in [-0.2, 0) is 7.05 Å². The molecule has 0 unspecified atom stereocenters. The van der Waals surface area contributed by atoms with Gasteiger partial charge in [0.1, 0.15) is 12.1 Å². The standard InChI is InChI=1S/C14H18N6O/c1-9-13(10(2)19(3)18-9)14(21)20-6-11(7-20)17-12-4-5-15-8-16-12/h4-5,8,11H,6-7H2,1-3H3,(H,15,16,17). The summed E-state index contributed by atoms with van der Waals surface area (Å²) in [4.78, 5) is 22.3. The fraction of sp³-hybridized carbons (Fsp3) is 0.429. The molecule has 0 aliphatic carbocycles. The van der Waals surface area contributed by atoms with E-state index in [1.807, 2.05) is 31.9 Å². The summed E-state index contributed by atoms with van der Waals surface area (Å²) in [6.07, 6.45) is 3.20. The normalized spacial score (nSPS) is 14.9. The van der Waals surface area contributed by atoms with Gasteiger partial charge in [-0.25, -0.2) is 9.97 Å². The Balaban J connectivity index is 1.62. The van der Waals surface area contributed by atoms with E-state index in [1.165, 1.54) is 6.33 Å². The molecular weight excluding hydrogens is 268 g/mol. The van der Waals surface area contributed by atoms with Crippen molar-refractivity contribution < 1.29 is 4.79 Å². The lowest BCUT2D eigenvalue weighted by molar-refractivity contribution is 0.0623. The van der Waals surface area contributed by atoms with E-state index in [1.54, 1.807) is 10.9 Å². The SMILES string of the molecule is Cc1nn(C)c(C)c1C(=O)N1CC(Nc2ccncn2)C1. The molecule has 0 radical (unpaired) electrons. The van der Waals surface area contributed by atoms with Crippen LogP contribution in [0.5, 0.6) is 0 Å². The van der Waals surface area contributed by atoms with Crippen molar-refractivity contribution in [2.75, 3.05) is 18.4 Å². The number of aryl methyl sites for hydroxylation is 2. The Hall–Kier alpha value is -2.44. The molecule has 3 heterocycles. The molecule has 1 aliphatic heterocycles. The van der Waals surface area contributed by atoms with E-state index in [4.69, 9.17) is 0 Å². The highest BCUT2D eigenvalue weighted by molar-refractivity contribution is 5.97. The van der Waals surface area contributed by atoms with Crippen molar-refractivity contribution in [3.63, 3.8) is 0 Å². The van der Waals surface area contributed by atoms with Crippen LogP contribution in [0.1, 0.15) is 21.7 Å². The predicted octanol–water partition coefficient (Wildman–Crippen LogP) is 0.763. The third-order valence-electron chi connectivity index (χ3n) is 3.83. The van der Waals surface area contributed by atoms with Crippen LogP contribution in [-0.4, -0.2) is 49.7 Å². The molecule has 1 aliphatic rings. The Morgan fingerprint density at radius 1 is 1.38 bits per heavy atom. The van der Waals surface area contributed by atoms with Gasteiger partial charge in [-0.2, -0.15) is 5.10 Å². The molecular formula is C14H18N6O. The lowest BCUT2D eigenvalue weighted by Crippen LogP contribution is -2.57. The highest BCUT2D eigenvalue weighted by Gasteiger charge is 2.33. The van der Waals surface area contributed by atoms with Crippen molar-refractivity contribution >= 4 is 11.7 Å². The van der Waals surface area contributed by atoms with Gasteiger partial charge in [0.25, 0.3) is 5.91 Å². The van der Waals surface area contributed by atoms with Crippen molar-refractivity contribution in [1.82, 2.24) is 24.6 Å². The second-order valence-electron chi connectivity index (χ2n) is 5.32. The summed E-state index contributed by atoms with van der Waals surface area (Å²) in [5.74, 6) is 0.842. The molecule has 0 atom stereocenters. The van der Waals surface area contributed by atoms with Crippen LogP contribution in [0.25, 0.3) is 0 Å². The zero-order chi connectivity index (χ0) is 15.0. The second kappa shape index (κ2) is 5.16. The summed E-state index contributed by atoms with van der Waals surface area (Å²) in [6.45, 7) is 5.15. The van der Waals surface area contributed by atoms with E-state index in [2.05, 4.69) is 20.4 Å². The van der Waals surface area contributed by atoms with Crippen LogP contribution in [0.15, 0.2) is 18.6 Å². The number of hydrogen-bond donors (Lipinski definition) is 1. The number of anilines is 1. The maximum atomic E-state index is 12.5. The van der Waals surface area contributed by atoms with E-state index in [0.29, 0.717) is 13.1 Å². The summed E-state index contributed by atoms with van der Waals surface area (Å²) in [5, 5.41) is 7.58. The molecule has 0 saturated carbocycles. The first-order chi connectivity index (χ1) is 10.1. The van der Waals surface area contributed by atoms with Crippen LogP contribution in [0, 0.1) is 13.8 Å². The molecule has 0 spiro atoms. The molecule has 0 aromatic carbocycles. The third-order valence-corrected chi connectivity index (χ3v) is 3.83. The molecule has 3 rings (SSSR count). The maximum absolute atomic E-state index is 12.5. The molecule has 7 heteroatoms. The zero-order valence-electron chi connectivity index (χ0n) is 12.4. The first-order valence-corrected chi connectivity index (χ1v) is 6.88. The number of nitrogens with zero attached hydrogens (tertiary/aromatic N) is 5. The Morgan fingerprint density at radius 3 is 2.71 bits per heavy atom. The number of aromatic nitrogens is 4. The minimum Gasteiger partial charge on any atom is -0.364 e. The zero-order valence-corrected chi connectivity index (χ0v) is 12.4. The smallest absolute Gasteiger partial charge is 0.257 e. The summed E-state index contributed by atoms with van der Waals surface area (Å²) < 4.78 is 1.75. The van der Waals surface area contributed by atoms with Gasteiger partial charge in [-0.1, -0.05) is 0 Å². The van der Waals surface area contributed by atoms with E-state index < -0.39 is 0 Å². The summed E-state index contributed by atoms with van der Waals surface area (Å²) >= 11 is 0. The highest BCUT2D eigenvalue weighted by Crippen LogP contribution is 2.20. The number of carbonyl (C=O) groups is 1. The summed E-state index contributed by atoms with van der Waals surface area (Å²) in [6, 6.07) is 2.06. The Morgan fingerprint density at radius 2 is 2.14 bits per heavy atom. The third kappa shape index (κ3) is 2.46. The minimum absolute atomic E-state index is 0.0545. The fourth-order valence-electron chi connectivity index (χ4n) is 2.56. The van der Waals surface area contributed by atoms with Crippen LogP contribution < -0.4 is 5.32 Å². The van der Waals surface area contributed by atoms with Gasteiger partial charge in [0, 0.05) is 32.0 Å². The lowest BCUT2D eigenvalue weighted by Gasteiger charge is -2.39. The molecule has 1 N–H and O–H groups in total. The van der Waals surface area contributed by atoms with Gasteiger partial charge in [0.15, 0.2) is 0 Å². The lowest BCUT2D eigenvalue weighted by atomic mass is 10.1. The van der Waals surface area contributed by atoms with E-state index in [0.717, 1.165) is 22.8 Å². The Labute approximate surface area is 123 Å². The van der Waals surface area contributed by atoms with Gasteiger partial charge < -0.3 is 10.2 Å². The first kappa shape index (κ1) is 13.5. The van der Waals surface area contributed by atoms with Crippen molar-refractivity contribution in [1.29, 1.82) is 0 Å². The number of rotatable bonds is 3. The van der Waals surface area contributed by atoms with Crippen LogP contribution in [0.4, 0.5) is 5.82 Å². The van der Waals surface area contributed by atoms with Gasteiger partial charge in [0.2, 0.25) is 0 Å². The molecule has 2 aromatic heterocycles. The molecule has 2 aromatic rings. The van der Waals surface area contributed by atoms with Crippen LogP contribution >= 0.6 is 0 Å². The number of amides is 1. The van der Waals surface area contributed by atoms with Gasteiger partial charge in [-0.15, -0.1) is 0 Å². The number of likely N-dealkylation sites (tertiary alicyclic amines) is 1.